The molecule has 0 saturated carbocycles. The Labute approximate surface area is 119 Å². The van der Waals surface area contributed by atoms with Crippen molar-refractivity contribution in [3.8, 4) is 33.2 Å². The van der Waals surface area contributed by atoms with E-state index in [0.717, 1.165) is 22.0 Å². The van der Waals surface area contributed by atoms with Crippen molar-refractivity contribution in [2.45, 2.75) is 0 Å². The van der Waals surface area contributed by atoms with E-state index in [1.54, 1.807) is 17.6 Å². The molecule has 0 fully saturated rings. The molecule has 0 amide bonds. The van der Waals surface area contributed by atoms with Crippen molar-refractivity contribution in [1.29, 1.82) is 0 Å². The van der Waals surface area contributed by atoms with Gasteiger partial charge < -0.3 is 14.4 Å². The Morgan fingerprint density at radius 3 is 2.35 bits per heavy atom. The monoisotopic (exact) mass is 280 g/mol. The zero-order chi connectivity index (χ0) is 13.4. The lowest BCUT2D eigenvalue weighted by Crippen LogP contribution is -1.82. The van der Waals surface area contributed by atoms with Crippen LogP contribution in [0.5, 0.6) is 0 Å². The second-order valence-electron chi connectivity index (χ2n) is 4.50. The number of hydrogen-bond acceptors (Lipinski definition) is 2. The van der Waals surface area contributed by atoms with Crippen LogP contribution in [0.4, 0.5) is 0 Å². The average Bonchev–Trinajstić information content (AvgIpc) is 3.23. The molecule has 98 valence electrons. The highest BCUT2D eigenvalue weighted by molar-refractivity contribution is 7.14. The number of hydrogen-bond donors (Lipinski definition) is 2. The van der Waals surface area contributed by atoms with Crippen molar-refractivity contribution in [2.24, 2.45) is 0 Å². The van der Waals surface area contributed by atoms with E-state index >= 15 is 0 Å². The van der Waals surface area contributed by atoms with Crippen molar-refractivity contribution in [3.63, 3.8) is 0 Å². The fourth-order valence-electron chi connectivity index (χ4n) is 2.40. The fourth-order valence-corrected chi connectivity index (χ4v) is 3.45. The van der Waals surface area contributed by atoms with E-state index in [9.17, 15) is 0 Å². The van der Waals surface area contributed by atoms with Gasteiger partial charge in [-0.2, -0.15) is 0 Å². The molecular formula is C16H12N2OS. The number of furan rings is 1. The first kappa shape index (κ1) is 11.4. The van der Waals surface area contributed by atoms with Crippen molar-refractivity contribution < 1.29 is 4.42 Å². The van der Waals surface area contributed by atoms with Crippen LogP contribution in [0.25, 0.3) is 33.2 Å². The number of aromatic nitrogens is 2. The SMILES string of the molecule is c1c[nH]c(-c2csc(-c3ccco3)c2-c2ccc[nH]2)c1. The summed E-state index contributed by atoms with van der Waals surface area (Å²) < 4.78 is 5.58. The van der Waals surface area contributed by atoms with E-state index in [1.807, 2.05) is 36.7 Å². The Balaban J connectivity index is 1.98. The molecule has 0 aliphatic rings. The summed E-state index contributed by atoms with van der Waals surface area (Å²) in [4.78, 5) is 7.71. The summed E-state index contributed by atoms with van der Waals surface area (Å²) in [6.07, 6.45) is 5.59. The van der Waals surface area contributed by atoms with Crippen molar-refractivity contribution in [3.05, 3.63) is 60.4 Å². The third kappa shape index (κ3) is 1.73. The van der Waals surface area contributed by atoms with Gasteiger partial charge in [0, 0.05) is 40.3 Å². The van der Waals surface area contributed by atoms with Crippen LogP contribution in [-0.2, 0) is 0 Å². The van der Waals surface area contributed by atoms with Gasteiger partial charge in [0.1, 0.15) is 5.76 Å². The molecule has 0 spiro atoms. The van der Waals surface area contributed by atoms with E-state index in [4.69, 9.17) is 4.42 Å². The summed E-state index contributed by atoms with van der Waals surface area (Å²) in [7, 11) is 0. The number of thiophene rings is 1. The minimum Gasteiger partial charge on any atom is -0.463 e. The molecule has 0 bridgehead atoms. The van der Waals surface area contributed by atoms with E-state index in [-0.39, 0.29) is 0 Å². The molecule has 4 aromatic heterocycles. The molecule has 4 aromatic rings. The lowest BCUT2D eigenvalue weighted by Gasteiger charge is -2.03. The lowest BCUT2D eigenvalue weighted by molar-refractivity contribution is 0.584. The molecule has 0 aliphatic heterocycles. The predicted molar refractivity (Wildman–Crippen MR) is 81.6 cm³/mol. The normalized spacial score (nSPS) is 11.0. The van der Waals surface area contributed by atoms with Crippen LogP contribution < -0.4 is 0 Å². The molecule has 4 heteroatoms. The highest BCUT2D eigenvalue weighted by atomic mass is 32.1. The molecule has 0 aromatic carbocycles. The quantitative estimate of drug-likeness (QED) is 0.545. The smallest absolute Gasteiger partial charge is 0.144 e. The molecule has 0 atom stereocenters. The van der Waals surface area contributed by atoms with Crippen molar-refractivity contribution >= 4 is 11.3 Å². The molecular weight excluding hydrogens is 268 g/mol. The third-order valence-electron chi connectivity index (χ3n) is 3.29. The number of aromatic amines is 2. The van der Waals surface area contributed by atoms with Crippen LogP contribution in [0.15, 0.2) is 64.9 Å². The second kappa shape index (κ2) is 4.58. The Kier molecular flexibility index (Phi) is 2.60. The molecule has 0 aliphatic carbocycles. The van der Waals surface area contributed by atoms with Gasteiger partial charge in [0.05, 0.1) is 11.1 Å². The van der Waals surface area contributed by atoms with E-state index < -0.39 is 0 Å². The van der Waals surface area contributed by atoms with Gasteiger partial charge in [-0.1, -0.05) is 0 Å². The van der Waals surface area contributed by atoms with Crippen LogP contribution in [0.1, 0.15) is 0 Å². The van der Waals surface area contributed by atoms with Gasteiger partial charge in [0.25, 0.3) is 0 Å². The fraction of sp³-hybridized carbons (Fsp3) is 0. The summed E-state index contributed by atoms with van der Waals surface area (Å²) >= 11 is 1.70. The van der Waals surface area contributed by atoms with Gasteiger partial charge in [-0.25, -0.2) is 0 Å². The molecule has 3 nitrogen and oxygen atoms in total. The average molecular weight is 280 g/mol. The Hall–Kier alpha value is -2.46. The summed E-state index contributed by atoms with van der Waals surface area (Å²) in [5.74, 6) is 0.900. The predicted octanol–water partition coefficient (Wildman–Crippen LogP) is 5.00. The maximum Gasteiger partial charge on any atom is 0.144 e. The van der Waals surface area contributed by atoms with E-state index in [0.29, 0.717) is 0 Å². The first-order valence-corrected chi connectivity index (χ1v) is 7.24. The molecule has 4 rings (SSSR count). The van der Waals surface area contributed by atoms with Gasteiger partial charge in [0.15, 0.2) is 0 Å². The van der Waals surface area contributed by atoms with Gasteiger partial charge in [-0.05, 0) is 36.4 Å². The molecule has 0 radical (unpaired) electrons. The van der Waals surface area contributed by atoms with Crippen LogP contribution in [0, 0.1) is 0 Å². The maximum absolute atomic E-state index is 5.58. The Morgan fingerprint density at radius 1 is 0.900 bits per heavy atom. The van der Waals surface area contributed by atoms with Gasteiger partial charge in [-0.3, -0.25) is 0 Å². The zero-order valence-electron chi connectivity index (χ0n) is 10.6. The van der Waals surface area contributed by atoms with Crippen molar-refractivity contribution in [1.82, 2.24) is 9.97 Å². The molecule has 4 heterocycles. The maximum atomic E-state index is 5.58. The highest BCUT2D eigenvalue weighted by Gasteiger charge is 2.19. The third-order valence-corrected chi connectivity index (χ3v) is 4.29. The first-order valence-electron chi connectivity index (χ1n) is 6.36. The summed E-state index contributed by atoms with van der Waals surface area (Å²) in [5, 5.41) is 2.17. The van der Waals surface area contributed by atoms with Crippen LogP contribution in [0.2, 0.25) is 0 Å². The summed E-state index contributed by atoms with van der Waals surface area (Å²) in [6, 6.07) is 12.1. The van der Waals surface area contributed by atoms with Gasteiger partial charge in [0.2, 0.25) is 0 Å². The topological polar surface area (TPSA) is 44.7 Å². The second-order valence-corrected chi connectivity index (χ2v) is 5.38. The van der Waals surface area contributed by atoms with Crippen LogP contribution in [0.3, 0.4) is 0 Å². The van der Waals surface area contributed by atoms with Crippen molar-refractivity contribution in [2.75, 3.05) is 0 Å². The molecule has 0 unspecified atom stereocenters. The summed E-state index contributed by atoms with van der Waals surface area (Å²) in [5.41, 5.74) is 4.58. The minimum absolute atomic E-state index is 0.900. The molecule has 20 heavy (non-hydrogen) atoms. The zero-order valence-corrected chi connectivity index (χ0v) is 11.4. The van der Waals surface area contributed by atoms with Gasteiger partial charge in [-0.15, -0.1) is 11.3 Å². The standard InChI is InChI=1S/C16H12N2OS/c1-4-12(17-7-1)11-10-20-16(14-6-3-9-19-14)15(11)13-5-2-8-18-13/h1-10,17-18H. The molecule has 2 N–H and O–H groups in total. The Morgan fingerprint density at radius 2 is 1.70 bits per heavy atom. The van der Waals surface area contributed by atoms with Gasteiger partial charge >= 0.3 is 0 Å². The van der Waals surface area contributed by atoms with E-state index in [2.05, 4.69) is 27.5 Å². The number of rotatable bonds is 3. The highest BCUT2D eigenvalue weighted by Crippen LogP contribution is 2.43. The van der Waals surface area contributed by atoms with Crippen LogP contribution in [-0.4, -0.2) is 9.97 Å². The lowest BCUT2D eigenvalue weighted by atomic mass is 10.0. The summed E-state index contributed by atoms with van der Waals surface area (Å²) in [6.45, 7) is 0. The molecule has 0 saturated heterocycles. The minimum atomic E-state index is 0.900. The largest absolute Gasteiger partial charge is 0.463 e. The number of nitrogens with one attached hydrogen (secondary N) is 2. The first-order chi connectivity index (χ1) is 9.93. The van der Waals surface area contributed by atoms with Crippen LogP contribution >= 0.6 is 11.3 Å². The van der Waals surface area contributed by atoms with E-state index in [1.165, 1.54) is 11.1 Å². The number of H-pyrrole nitrogens is 2. The Bertz CT molecular complexity index is 741.